The standard InChI is InChI=1S/C19H15NO5/c1-22-15-10-12(11-16-17(15)24-8-7-23-16)9-14-19(21)25-18(20-14)13-5-3-2-4-6-13/h2-6,9-11H,7-8H2,1H3. The average molecular weight is 337 g/mol. The van der Waals surface area contributed by atoms with Gasteiger partial charge in [-0.2, -0.15) is 0 Å². The Kier molecular flexibility index (Phi) is 3.85. The van der Waals surface area contributed by atoms with E-state index < -0.39 is 5.97 Å². The highest BCUT2D eigenvalue weighted by Crippen LogP contribution is 2.41. The number of hydrogen-bond acceptors (Lipinski definition) is 6. The number of carbonyl (C=O) groups is 1. The van der Waals surface area contributed by atoms with Crippen LogP contribution < -0.4 is 14.2 Å². The summed E-state index contributed by atoms with van der Waals surface area (Å²) in [5.74, 6) is 1.49. The molecular formula is C19H15NO5. The second-order valence-electron chi connectivity index (χ2n) is 5.45. The lowest BCUT2D eigenvalue weighted by Gasteiger charge is -2.20. The van der Waals surface area contributed by atoms with Gasteiger partial charge in [0, 0.05) is 5.56 Å². The molecule has 2 aromatic rings. The fourth-order valence-electron chi connectivity index (χ4n) is 2.65. The number of fused-ring (bicyclic) bond motifs is 1. The zero-order valence-corrected chi connectivity index (χ0v) is 13.5. The van der Waals surface area contributed by atoms with E-state index in [4.69, 9.17) is 18.9 Å². The number of nitrogens with zero attached hydrogens (tertiary/aromatic N) is 1. The summed E-state index contributed by atoms with van der Waals surface area (Å²) in [6, 6.07) is 12.8. The molecule has 0 aliphatic carbocycles. The summed E-state index contributed by atoms with van der Waals surface area (Å²) in [7, 11) is 1.56. The Morgan fingerprint density at radius 1 is 1.12 bits per heavy atom. The molecule has 2 aliphatic rings. The molecule has 6 nitrogen and oxygen atoms in total. The van der Waals surface area contributed by atoms with Crippen LogP contribution in [0.2, 0.25) is 0 Å². The predicted octanol–water partition coefficient (Wildman–Crippen LogP) is 2.81. The van der Waals surface area contributed by atoms with Gasteiger partial charge in [0.25, 0.3) is 0 Å². The van der Waals surface area contributed by atoms with E-state index in [1.807, 2.05) is 30.3 Å². The molecule has 2 aromatic carbocycles. The minimum absolute atomic E-state index is 0.220. The molecule has 0 aromatic heterocycles. The second kappa shape index (κ2) is 6.32. The minimum atomic E-state index is -0.493. The topological polar surface area (TPSA) is 66.4 Å². The van der Waals surface area contributed by atoms with Gasteiger partial charge in [0.05, 0.1) is 7.11 Å². The van der Waals surface area contributed by atoms with Crippen LogP contribution in [0.15, 0.2) is 53.2 Å². The third-order valence-electron chi connectivity index (χ3n) is 3.79. The fraction of sp³-hybridized carbons (Fsp3) is 0.158. The van der Waals surface area contributed by atoms with Gasteiger partial charge < -0.3 is 18.9 Å². The average Bonchev–Trinajstić information content (AvgIpc) is 3.02. The van der Waals surface area contributed by atoms with Crippen LogP contribution in [0.1, 0.15) is 11.1 Å². The summed E-state index contributed by atoms with van der Waals surface area (Å²) in [5.41, 5.74) is 1.68. The van der Waals surface area contributed by atoms with Gasteiger partial charge in [-0.3, -0.25) is 0 Å². The molecule has 0 fully saturated rings. The number of carbonyl (C=O) groups excluding carboxylic acids is 1. The van der Waals surface area contributed by atoms with E-state index in [-0.39, 0.29) is 5.70 Å². The molecule has 0 spiro atoms. The minimum Gasteiger partial charge on any atom is -0.493 e. The quantitative estimate of drug-likeness (QED) is 0.636. The van der Waals surface area contributed by atoms with Crippen LogP contribution in [0.25, 0.3) is 6.08 Å². The first-order valence-electron chi connectivity index (χ1n) is 7.80. The molecule has 0 atom stereocenters. The van der Waals surface area contributed by atoms with E-state index in [0.717, 1.165) is 5.56 Å². The lowest BCUT2D eigenvalue weighted by atomic mass is 10.1. The van der Waals surface area contributed by atoms with E-state index in [9.17, 15) is 4.79 Å². The van der Waals surface area contributed by atoms with Crippen LogP contribution in [0, 0.1) is 0 Å². The van der Waals surface area contributed by atoms with E-state index in [2.05, 4.69) is 4.99 Å². The van der Waals surface area contributed by atoms with Crippen molar-refractivity contribution < 1.29 is 23.7 Å². The van der Waals surface area contributed by atoms with Crippen LogP contribution in [0.3, 0.4) is 0 Å². The van der Waals surface area contributed by atoms with Gasteiger partial charge in [-0.1, -0.05) is 18.2 Å². The van der Waals surface area contributed by atoms with Gasteiger partial charge in [0.15, 0.2) is 17.2 Å². The summed E-state index contributed by atoms with van der Waals surface area (Å²) in [6.45, 7) is 0.940. The Balaban J connectivity index is 1.71. The maximum absolute atomic E-state index is 12.1. The fourth-order valence-corrected chi connectivity index (χ4v) is 2.65. The van der Waals surface area contributed by atoms with Crippen molar-refractivity contribution in [1.29, 1.82) is 0 Å². The van der Waals surface area contributed by atoms with E-state index in [1.54, 1.807) is 25.3 Å². The van der Waals surface area contributed by atoms with Crippen molar-refractivity contribution in [2.45, 2.75) is 0 Å². The summed E-state index contributed by atoms with van der Waals surface area (Å²) >= 11 is 0. The first-order chi connectivity index (χ1) is 12.2. The molecule has 0 N–H and O–H groups in total. The van der Waals surface area contributed by atoms with Gasteiger partial charge in [0.2, 0.25) is 11.6 Å². The van der Waals surface area contributed by atoms with Crippen molar-refractivity contribution in [3.05, 3.63) is 59.3 Å². The summed E-state index contributed by atoms with van der Waals surface area (Å²) in [5, 5.41) is 0. The van der Waals surface area contributed by atoms with Crippen molar-refractivity contribution in [3.63, 3.8) is 0 Å². The molecule has 0 amide bonds. The Morgan fingerprint density at radius 2 is 1.92 bits per heavy atom. The number of esters is 1. The number of rotatable bonds is 3. The van der Waals surface area contributed by atoms with Crippen molar-refractivity contribution in [3.8, 4) is 17.2 Å². The molecule has 2 heterocycles. The molecule has 0 saturated heterocycles. The second-order valence-corrected chi connectivity index (χ2v) is 5.45. The Morgan fingerprint density at radius 3 is 2.72 bits per heavy atom. The van der Waals surface area contributed by atoms with Gasteiger partial charge in [-0.05, 0) is 35.9 Å². The van der Waals surface area contributed by atoms with Gasteiger partial charge in [0.1, 0.15) is 13.2 Å². The van der Waals surface area contributed by atoms with Crippen molar-refractivity contribution in [1.82, 2.24) is 0 Å². The zero-order valence-electron chi connectivity index (χ0n) is 13.5. The highest BCUT2D eigenvalue weighted by atomic mass is 16.6. The van der Waals surface area contributed by atoms with Crippen molar-refractivity contribution in [2.24, 2.45) is 4.99 Å². The third-order valence-corrected chi connectivity index (χ3v) is 3.79. The SMILES string of the molecule is COc1cc(C=C2N=C(c3ccccc3)OC2=O)cc2c1OCCO2. The first-order valence-corrected chi connectivity index (χ1v) is 7.80. The number of aliphatic imine (C=N–C) groups is 1. The smallest absolute Gasteiger partial charge is 0.363 e. The van der Waals surface area contributed by atoms with Crippen LogP contribution in [-0.4, -0.2) is 32.2 Å². The summed E-state index contributed by atoms with van der Waals surface area (Å²) < 4.78 is 21.8. The van der Waals surface area contributed by atoms with E-state index in [0.29, 0.717) is 41.9 Å². The van der Waals surface area contributed by atoms with Crippen LogP contribution in [0.4, 0.5) is 0 Å². The first kappa shape index (κ1) is 15.3. The maximum Gasteiger partial charge on any atom is 0.363 e. The van der Waals surface area contributed by atoms with Gasteiger partial charge in [-0.25, -0.2) is 9.79 Å². The molecule has 0 unspecified atom stereocenters. The van der Waals surface area contributed by atoms with E-state index in [1.165, 1.54) is 0 Å². The largest absolute Gasteiger partial charge is 0.493 e. The molecule has 0 radical (unpaired) electrons. The maximum atomic E-state index is 12.1. The Bertz CT molecular complexity index is 869. The zero-order chi connectivity index (χ0) is 17.2. The molecule has 6 heteroatoms. The number of methoxy groups -OCH3 is 1. The normalized spacial score (nSPS) is 17.2. The highest BCUT2D eigenvalue weighted by Gasteiger charge is 2.25. The number of cyclic esters (lactones) is 1. The van der Waals surface area contributed by atoms with Gasteiger partial charge in [-0.15, -0.1) is 0 Å². The third kappa shape index (κ3) is 2.94. The predicted molar refractivity (Wildman–Crippen MR) is 91.0 cm³/mol. The van der Waals surface area contributed by atoms with Crippen LogP contribution in [0.5, 0.6) is 17.2 Å². The molecule has 25 heavy (non-hydrogen) atoms. The van der Waals surface area contributed by atoms with Gasteiger partial charge >= 0.3 is 5.97 Å². The molecule has 0 saturated carbocycles. The monoisotopic (exact) mass is 337 g/mol. The van der Waals surface area contributed by atoms with Crippen molar-refractivity contribution in [2.75, 3.05) is 20.3 Å². The Hall–Kier alpha value is -3.28. The highest BCUT2D eigenvalue weighted by molar-refractivity contribution is 6.12. The van der Waals surface area contributed by atoms with Crippen LogP contribution >= 0.6 is 0 Å². The lowest BCUT2D eigenvalue weighted by molar-refractivity contribution is -0.129. The van der Waals surface area contributed by atoms with Crippen molar-refractivity contribution >= 4 is 17.9 Å². The molecule has 126 valence electrons. The number of hydrogen-bond donors (Lipinski definition) is 0. The molecule has 2 aliphatic heterocycles. The Labute approximate surface area is 144 Å². The molecule has 0 bridgehead atoms. The lowest BCUT2D eigenvalue weighted by Crippen LogP contribution is -2.16. The molecule has 4 rings (SSSR count). The van der Waals surface area contributed by atoms with Crippen LogP contribution in [-0.2, 0) is 9.53 Å². The summed E-state index contributed by atoms with van der Waals surface area (Å²) in [6.07, 6.45) is 1.64. The summed E-state index contributed by atoms with van der Waals surface area (Å²) in [4.78, 5) is 16.4. The number of benzene rings is 2. The van der Waals surface area contributed by atoms with E-state index >= 15 is 0 Å². The molecular weight excluding hydrogens is 322 g/mol. The number of ether oxygens (including phenoxy) is 4.